The van der Waals surface area contributed by atoms with Gasteiger partial charge in [-0.3, -0.25) is 0 Å². The first-order chi connectivity index (χ1) is 9.74. The van der Waals surface area contributed by atoms with E-state index in [4.69, 9.17) is 21.1 Å². The number of rotatable bonds is 7. The SMILES string of the molecule is COc1cc(CNCCc2ccsc2)cc(Cl)c1OC. The van der Waals surface area contributed by atoms with E-state index in [0.717, 1.165) is 25.1 Å². The summed E-state index contributed by atoms with van der Waals surface area (Å²) in [5.41, 5.74) is 2.45. The molecule has 2 aromatic rings. The molecule has 5 heteroatoms. The van der Waals surface area contributed by atoms with Crippen molar-refractivity contribution in [2.75, 3.05) is 20.8 Å². The van der Waals surface area contributed by atoms with Crippen LogP contribution in [0.15, 0.2) is 29.0 Å². The van der Waals surface area contributed by atoms with Crippen molar-refractivity contribution in [3.8, 4) is 11.5 Å². The minimum atomic E-state index is 0.571. The van der Waals surface area contributed by atoms with Crippen LogP contribution in [0.4, 0.5) is 0 Å². The average Bonchev–Trinajstić information content (AvgIpc) is 2.96. The number of hydrogen-bond donors (Lipinski definition) is 1. The maximum Gasteiger partial charge on any atom is 0.179 e. The van der Waals surface area contributed by atoms with Gasteiger partial charge in [0.1, 0.15) is 0 Å². The first-order valence-electron chi connectivity index (χ1n) is 6.36. The molecule has 3 nitrogen and oxygen atoms in total. The van der Waals surface area contributed by atoms with Crippen LogP contribution in [0.25, 0.3) is 0 Å². The highest BCUT2D eigenvalue weighted by atomic mass is 35.5. The summed E-state index contributed by atoms with van der Waals surface area (Å²) in [6.45, 7) is 1.69. The highest BCUT2D eigenvalue weighted by Crippen LogP contribution is 2.35. The van der Waals surface area contributed by atoms with Crippen LogP contribution in [0.3, 0.4) is 0 Å². The van der Waals surface area contributed by atoms with Crippen LogP contribution in [0.2, 0.25) is 5.02 Å². The van der Waals surface area contributed by atoms with E-state index in [0.29, 0.717) is 16.5 Å². The van der Waals surface area contributed by atoms with E-state index in [2.05, 4.69) is 22.1 Å². The van der Waals surface area contributed by atoms with Gasteiger partial charge in [-0.05, 0) is 53.1 Å². The smallest absolute Gasteiger partial charge is 0.179 e. The van der Waals surface area contributed by atoms with Crippen molar-refractivity contribution in [2.45, 2.75) is 13.0 Å². The zero-order valence-electron chi connectivity index (χ0n) is 11.6. The van der Waals surface area contributed by atoms with E-state index < -0.39 is 0 Å². The van der Waals surface area contributed by atoms with Crippen molar-refractivity contribution in [3.05, 3.63) is 45.1 Å². The number of halogens is 1. The van der Waals surface area contributed by atoms with Crippen LogP contribution in [0.5, 0.6) is 11.5 Å². The number of ether oxygens (including phenoxy) is 2. The van der Waals surface area contributed by atoms with Crippen molar-refractivity contribution in [2.24, 2.45) is 0 Å². The van der Waals surface area contributed by atoms with Gasteiger partial charge in [-0.15, -0.1) is 0 Å². The summed E-state index contributed by atoms with van der Waals surface area (Å²) >= 11 is 7.91. The summed E-state index contributed by atoms with van der Waals surface area (Å²) < 4.78 is 10.5. The Morgan fingerprint density at radius 1 is 1.20 bits per heavy atom. The Balaban J connectivity index is 1.91. The molecule has 0 saturated carbocycles. The molecule has 1 N–H and O–H groups in total. The lowest BCUT2D eigenvalue weighted by atomic mass is 10.2. The fraction of sp³-hybridized carbons (Fsp3) is 0.333. The van der Waals surface area contributed by atoms with Crippen LogP contribution in [-0.2, 0) is 13.0 Å². The molecule has 2 rings (SSSR count). The lowest BCUT2D eigenvalue weighted by Crippen LogP contribution is -2.16. The summed E-state index contributed by atoms with van der Waals surface area (Å²) in [7, 11) is 3.20. The molecule has 0 radical (unpaired) electrons. The minimum absolute atomic E-state index is 0.571. The van der Waals surface area contributed by atoms with Crippen molar-refractivity contribution in [1.82, 2.24) is 5.32 Å². The van der Waals surface area contributed by atoms with Gasteiger partial charge in [-0.25, -0.2) is 0 Å². The minimum Gasteiger partial charge on any atom is -0.493 e. The molecular formula is C15H18ClNO2S. The second-order valence-electron chi connectivity index (χ2n) is 4.37. The Labute approximate surface area is 128 Å². The van der Waals surface area contributed by atoms with E-state index in [-0.39, 0.29) is 0 Å². The molecule has 1 heterocycles. The molecular weight excluding hydrogens is 294 g/mol. The molecule has 0 spiro atoms. The molecule has 20 heavy (non-hydrogen) atoms. The van der Waals surface area contributed by atoms with Gasteiger partial charge in [-0.1, -0.05) is 11.6 Å². The molecule has 0 aliphatic heterocycles. The molecule has 1 aromatic carbocycles. The third-order valence-electron chi connectivity index (χ3n) is 2.99. The Kier molecular flexibility index (Phi) is 5.71. The average molecular weight is 312 g/mol. The zero-order valence-corrected chi connectivity index (χ0v) is 13.2. The molecule has 0 unspecified atom stereocenters. The fourth-order valence-corrected chi connectivity index (χ4v) is 2.99. The van der Waals surface area contributed by atoms with Gasteiger partial charge in [0.2, 0.25) is 0 Å². The van der Waals surface area contributed by atoms with Crippen LogP contribution in [0, 0.1) is 0 Å². The Hall–Kier alpha value is -1.23. The van der Waals surface area contributed by atoms with E-state index >= 15 is 0 Å². The van der Waals surface area contributed by atoms with Gasteiger partial charge in [0.15, 0.2) is 11.5 Å². The molecule has 0 fully saturated rings. The van der Waals surface area contributed by atoms with Gasteiger partial charge in [-0.2, -0.15) is 11.3 Å². The number of nitrogens with one attached hydrogen (secondary N) is 1. The normalized spacial score (nSPS) is 10.6. The molecule has 1 aromatic heterocycles. The van der Waals surface area contributed by atoms with E-state index in [1.54, 1.807) is 25.6 Å². The van der Waals surface area contributed by atoms with E-state index in [1.165, 1.54) is 5.56 Å². The molecule has 0 bridgehead atoms. The van der Waals surface area contributed by atoms with Crippen molar-refractivity contribution >= 4 is 22.9 Å². The monoisotopic (exact) mass is 311 g/mol. The fourth-order valence-electron chi connectivity index (χ4n) is 1.97. The Morgan fingerprint density at radius 2 is 2.05 bits per heavy atom. The summed E-state index contributed by atoms with van der Waals surface area (Å²) in [6.07, 6.45) is 1.03. The molecule has 0 saturated heterocycles. The predicted octanol–water partition coefficient (Wildman–Crippen LogP) is 3.75. The predicted molar refractivity (Wildman–Crippen MR) is 84.3 cm³/mol. The maximum absolute atomic E-state index is 6.18. The molecule has 0 amide bonds. The topological polar surface area (TPSA) is 30.5 Å². The number of benzene rings is 1. The largest absolute Gasteiger partial charge is 0.493 e. The van der Waals surface area contributed by atoms with Crippen LogP contribution < -0.4 is 14.8 Å². The van der Waals surface area contributed by atoms with E-state index in [1.807, 2.05) is 12.1 Å². The zero-order chi connectivity index (χ0) is 14.4. The summed E-state index contributed by atoms with van der Waals surface area (Å²) in [6, 6.07) is 6.00. The first kappa shape index (κ1) is 15.2. The first-order valence-corrected chi connectivity index (χ1v) is 7.69. The summed E-state index contributed by atoms with van der Waals surface area (Å²) in [4.78, 5) is 0. The van der Waals surface area contributed by atoms with Crippen molar-refractivity contribution < 1.29 is 9.47 Å². The lowest BCUT2D eigenvalue weighted by Gasteiger charge is -2.12. The highest BCUT2D eigenvalue weighted by molar-refractivity contribution is 7.07. The van der Waals surface area contributed by atoms with Crippen molar-refractivity contribution in [3.63, 3.8) is 0 Å². The lowest BCUT2D eigenvalue weighted by molar-refractivity contribution is 0.354. The second-order valence-corrected chi connectivity index (χ2v) is 5.56. The van der Waals surface area contributed by atoms with Crippen LogP contribution in [0.1, 0.15) is 11.1 Å². The third-order valence-corrected chi connectivity index (χ3v) is 4.01. The molecule has 0 aliphatic rings. The molecule has 0 aliphatic carbocycles. The van der Waals surface area contributed by atoms with Crippen LogP contribution >= 0.6 is 22.9 Å². The molecule has 108 valence electrons. The van der Waals surface area contributed by atoms with Gasteiger partial charge >= 0.3 is 0 Å². The Bertz CT molecular complexity index is 543. The maximum atomic E-state index is 6.18. The third kappa shape index (κ3) is 3.88. The van der Waals surface area contributed by atoms with Gasteiger partial charge in [0.25, 0.3) is 0 Å². The second kappa shape index (κ2) is 7.53. The number of methoxy groups -OCH3 is 2. The van der Waals surface area contributed by atoms with Crippen molar-refractivity contribution in [1.29, 1.82) is 0 Å². The van der Waals surface area contributed by atoms with Gasteiger partial charge < -0.3 is 14.8 Å². The van der Waals surface area contributed by atoms with Gasteiger partial charge in [0, 0.05) is 6.54 Å². The van der Waals surface area contributed by atoms with Gasteiger partial charge in [0.05, 0.1) is 19.2 Å². The van der Waals surface area contributed by atoms with Crippen LogP contribution in [-0.4, -0.2) is 20.8 Å². The number of hydrogen-bond acceptors (Lipinski definition) is 4. The quantitative estimate of drug-likeness (QED) is 0.790. The Morgan fingerprint density at radius 3 is 2.70 bits per heavy atom. The molecule has 0 atom stereocenters. The standard InChI is InChI=1S/C15H18ClNO2S/c1-18-14-8-12(7-13(16)15(14)19-2)9-17-5-3-11-4-6-20-10-11/h4,6-8,10,17H,3,5,9H2,1-2H3. The highest BCUT2D eigenvalue weighted by Gasteiger charge is 2.10. The summed E-state index contributed by atoms with van der Waals surface area (Å²) in [5, 5.41) is 8.25. The van der Waals surface area contributed by atoms with E-state index in [9.17, 15) is 0 Å². The number of thiophene rings is 1. The summed E-state index contributed by atoms with van der Waals surface area (Å²) in [5.74, 6) is 1.24.